The quantitative estimate of drug-likeness (QED) is 0.594. The van der Waals surface area contributed by atoms with E-state index in [0.717, 1.165) is 44.0 Å². The van der Waals surface area contributed by atoms with Gasteiger partial charge < -0.3 is 4.90 Å². The molecule has 7 nitrogen and oxygen atoms in total. The van der Waals surface area contributed by atoms with Gasteiger partial charge in [-0.25, -0.2) is 12.8 Å². The minimum Gasteiger partial charge on any atom is -0.307 e. The van der Waals surface area contributed by atoms with Gasteiger partial charge in [-0.15, -0.1) is 0 Å². The zero-order chi connectivity index (χ0) is 25.4. The molecule has 2 aliphatic heterocycles. The fraction of sp³-hybridized carbons (Fsp3) is 0.481. The van der Waals surface area contributed by atoms with Crippen molar-refractivity contribution in [1.82, 2.24) is 4.31 Å². The Kier molecular flexibility index (Phi) is 6.87. The average molecular weight is 514 g/mol. The highest BCUT2D eigenvalue weighted by atomic mass is 32.2. The Balaban J connectivity index is 1.62. The predicted molar refractivity (Wildman–Crippen MR) is 137 cm³/mol. The van der Waals surface area contributed by atoms with Crippen molar-refractivity contribution in [2.45, 2.75) is 69.5 Å². The SMILES string of the molecule is CS(=O)(=O)N1CCCC[C@H]1C(=O)N(c1cccc(F)c1)[C@@H]1C(=O)N(C2CCCCC2)c2ccccc21. The van der Waals surface area contributed by atoms with Crippen LogP contribution in [0.25, 0.3) is 0 Å². The van der Waals surface area contributed by atoms with Crippen molar-refractivity contribution >= 4 is 33.2 Å². The number of para-hydroxylation sites is 1. The summed E-state index contributed by atoms with van der Waals surface area (Å²) in [5, 5.41) is 0. The van der Waals surface area contributed by atoms with Gasteiger partial charge in [0, 0.05) is 29.5 Å². The van der Waals surface area contributed by atoms with Crippen LogP contribution < -0.4 is 9.80 Å². The minimum atomic E-state index is -3.65. The van der Waals surface area contributed by atoms with Crippen LogP contribution in [0.1, 0.15) is 63.0 Å². The molecular formula is C27H32FN3O4S. The van der Waals surface area contributed by atoms with E-state index in [0.29, 0.717) is 24.8 Å². The van der Waals surface area contributed by atoms with Crippen LogP contribution in [-0.4, -0.2) is 49.4 Å². The van der Waals surface area contributed by atoms with Gasteiger partial charge in [-0.3, -0.25) is 14.5 Å². The maximum atomic E-state index is 14.4. The van der Waals surface area contributed by atoms with Crippen LogP contribution in [0.3, 0.4) is 0 Å². The van der Waals surface area contributed by atoms with Gasteiger partial charge in [-0.1, -0.05) is 49.9 Å². The molecule has 2 heterocycles. The summed E-state index contributed by atoms with van der Waals surface area (Å²) in [6, 6.07) is 11.2. The molecule has 0 aromatic heterocycles. The van der Waals surface area contributed by atoms with Gasteiger partial charge in [-0.2, -0.15) is 4.31 Å². The van der Waals surface area contributed by atoms with Crippen molar-refractivity contribution in [1.29, 1.82) is 0 Å². The number of sulfonamides is 1. The van der Waals surface area contributed by atoms with Crippen molar-refractivity contribution in [3.63, 3.8) is 0 Å². The number of benzene rings is 2. The molecule has 9 heteroatoms. The lowest BCUT2D eigenvalue weighted by molar-refractivity contribution is -0.127. The van der Waals surface area contributed by atoms with E-state index in [1.54, 1.807) is 6.07 Å². The van der Waals surface area contributed by atoms with Crippen LogP contribution in [0.2, 0.25) is 0 Å². The van der Waals surface area contributed by atoms with Gasteiger partial charge in [0.15, 0.2) is 0 Å². The van der Waals surface area contributed by atoms with Gasteiger partial charge in [-0.05, 0) is 49.9 Å². The first-order valence-corrected chi connectivity index (χ1v) is 14.6. The second kappa shape index (κ2) is 9.94. The lowest BCUT2D eigenvalue weighted by Crippen LogP contribution is -2.55. The molecule has 2 fully saturated rings. The standard InChI is InChI=1S/C27H32FN3O4S/c1-36(34,35)29-17-8-7-16-24(29)26(32)31(21-13-9-10-19(28)18-21)25-22-14-5-6-15-23(22)30(27(25)33)20-11-3-2-4-12-20/h5-6,9-10,13-15,18,20,24-25H,2-4,7-8,11-12,16-17H2,1H3/t24-,25-/m0/s1. The monoisotopic (exact) mass is 513 g/mol. The molecule has 2 aromatic rings. The third-order valence-electron chi connectivity index (χ3n) is 7.65. The van der Waals surface area contributed by atoms with Crippen molar-refractivity contribution in [2.24, 2.45) is 0 Å². The molecule has 0 bridgehead atoms. The van der Waals surface area contributed by atoms with Gasteiger partial charge in [0.2, 0.25) is 15.9 Å². The molecule has 0 N–H and O–H groups in total. The zero-order valence-electron chi connectivity index (χ0n) is 20.5. The third-order valence-corrected chi connectivity index (χ3v) is 8.94. The van der Waals surface area contributed by atoms with Gasteiger partial charge in [0.05, 0.1) is 6.26 Å². The second-order valence-electron chi connectivity index (χ2n) is 10.0. The van der Waals surface area contributed by atoms with Crippen LogP contribution in [0.4, 0.5) is 15.8 Å². The lowest BCUT2D eigenvalue weighted by Gasteiger charge is -2.38. The summed E-state index contributed by atoms with van der Waals surface area (Å²) in [7, 11) is -3.65. The molecule has 0 radical (unpaired) electrons. The fourth-order valence-electron chi connectivity index (χ4n) is 6.03. The number of hydrogen-bond donors (Lipinski definition) is 0. The second-order valence-corrected chi connectivity index (χ2v) is 12.0. The normalized spacial score (nSPS) is 23.5. The Morgan fingerprint density at radius 1 is 0.972 bits per heavy atom. The van der Waals surface area contributed by atoms with E-state index in [4.69, 9.17) is 0 Å². The van der Waals surface area contributed by atoms with Crippen LogP contribution in [-0.2, 0) is 19.6 Å². The van der Waals surface area contributed by atoms with Crippen molar-refractivity contribution in [3.05, 3.63) is 59.9 Å². The van der Waals surface area contributed by atoms with Gasteiger partial charge in [0.1, 0.15) is 17.9 Å². The molecule has 2 amide bonds. The smallest absolute Gasteiger partial charge is 0.255 e. The molecule has 3 aliphatic rings. The maximum absolute atomic E-state index is 14.4. The Bertz CT molecular complexity index is 1260. The average Bonchev–Trinajstić information content (AvgIpc) is 3.16. The van der Waals surface area contributed by atoms with Crippen molar-refractivity contribution < 1.29 is 22.4 Å². The van der Waals surface area contributed by atoms with E-state index in [1.165, 1.54) is 27.4 Å². The fourth-order valence-corrected chi connectivity index (χ4v) is 7.14. The highest BCUT2D eigenvalue weighted by Gasteiger charge is 2.48. The maximum Gasteiger partial charge on any atom is 0.255 e. The van der Waals surface area contributed by atoms with Crippen molar-refractivity contribution in [3.8, 4) is 0 Å². The Hall–Kier alpha value is -2.78. The number of anilines is 2. The van der Waals surface area contributed by atoms with Gasteiger partial charge in [0.25, 0.3) is 5.91 Å². The predicted octanol–water partition coefficient (Wildman–Crippen LogP) is 4.39. The highest BCUT2D eigenvalue weighted by molar-refractivity contribution is 7.88. The summed E-state index contributed by atoms with van der Waals surface area (Å²) in [5.74, 6) is -1.25. The molecule has 1 aliphatic carbocycles. The van der Waals surface area contributed by atoms with Gasteiger partial charge >= 0.3 is 0 Å². The van der Waals surface area contributed by atoms with Crippen LogP contribution in [0, 0.1) is 5.82 Å². The van der Waals surface area contributed by atoms with E-state index in [9.17, 15) is 22.4 Å². The molecule has 192 valence electrons. The van der Waals surface area contributed by atoms with E-state index in [2.05, 4.69) is 0 Å². The summed E-state index contributed by atoms with van der Waals surface area (Å²) < 4.78 is 40.8. The number of nitrogens with zero attached hydrogens (tertiary/aromatic N) is 3. The Labute approximate surface area is 211 Å². The number of piperidine rings is 1. The van der Waals surface area contributed by atoms with Crippen molar-refractivity contribution in [2.75, 3.05) is 22.6 Å². The zero-order valence-corrected chi connectivity index (χ0v) is 21.3. The summed E-state index contributed by atoms with van der Waals surface area (Å²) >= 11 is 0. The number of rotatable bonds is 5. The highest BCUT2D eigenvalue weighted by Crippen LogP contribution is 2.45. The lowest BCUT2D eigenvalue weighted by atomic mass is 9.94. The Morgan fingerprint density at radius 2 is 1.69 bits per heavy atom. The van der Waals surface area contributed by atoms with E-state index < -0.39 is 33.8 Å². The first-order chi connectivity index (χ1) is 17.3. The molecule has 36 heavy (non-hydrogen) atoms. The number of hydrogen-bond acceptors (Lipinski definition) is 4. The number of amides is 2. The van der Waals surface area contributed by atoms with Crippen LogP contribution in [0.5, 0.6) is 0 Å². The summed E-state index contributed by atoms with van der Waals surface area (Å²) in [5.41, 5.74) is 1.71. The van der Waals surface area contributed by atoms with E-state index >= 15 is 0 Å². The molecule has 2 aromatic carbocycles. The minimum absolute atomic E-state index is 0.0454. The van der Waals surface area contributed by atoms with E-state index in [1.807, 2.05) is 29.2 Å². The largest absolute Gasteiger partial charge is 0.307 e. The first-order valence-electron chi connectivity index (χ1n) is 12.7. The molecule has 0 spiro atoms. The molecule has 1 saturated heterocycles. The topological polar surface area (TPSA) is 78.0 Å². The number of carbonyl (C=O) groups is 2. The van der Waals surface area contributed by atoms with Crippen LogP contribution >= 0.6 is 0 Å². The number of fused-ring (bicyclic) bond motifs is 1. The molecule has 5 rings (SSSR count). The number of carbonyl (C=O) groups excluding carboxylic acids is 2. The summed E-state index contributed by atoms with van der Waals surface area (Å²) in [4.78, 5) is 31.5. The van der Waals surface area contributed by atoms with Crippen LogP contribution in [0.15, 0.2) is 48.5 Å². The molecule has 1 saturated carbocycles. The summed E-state index contributed by atoms with van der Waals surface area (Å²) in [6.45, 7) is 0.246. The summed E-state index contributed by atoms with van der Waals surface area (Å²) in [6.07, 6.45) is 7.83. The molecule has 2 atom stereocenters. The van der Waals surface area contributed by atoms with E-state index in [-0.39, 0.29) is 24.2 Å². The number of halogens is 1. The molecule has 0 unspecified atom stereocenters. The molecular weight excluding hydrogens is 481 g/mol. The third kappa shape index (κ3) is 4.54. The first kappa shape index (κ1) is 24.9. The Morgan fingerprint density at radius 3 is 2.42 bits per heavy atom.